The summed E-state index contributed by atoms with van der Waals surface area (Å²) >= 11 is 5.74. The summed E-state index contributed by atoms with van der Waals surface area (Å²) in [4.78, 5) is 15.4. The summed E-state index contributed by atoms with van der Waals surface area (Å²) in [7, 11) is 0. The number of hydrogen-bond donors (Lipinski definition) is 0. The molecule has 1 aromatic carbocycles. The van der Waals surface area contributed by atoms with Crippen LogP contribution in [0, 0.1) is 0 Å². The molecule has 0 bridgehead atoms. The molecule has 2 aromatic rings. The highest BCUT2D eigenvalue weighted by molar-refractivity contribution is 6.30. The van der Waals surface area contributed by atoms with E-state index in [1.165, 1.54) is 12.1 Å². The molecule has 0 aliphatic carbocycles. The second-order valence-electron chi connectivity index (χ2n) is 4.49. The van der Waals surface area contributed by atoms with Gasteiger partial charge in [0, 0.05) is 17.3 Å². The van der Waals surface area contributed by atoms with Crippen molar-refractivity contribution in [2.24, 2.45) is 0 Å². The number of aromatic nitrogens is 1. The number of carbonyl (C=O) groups excluding carboxylic acids is 1. The van der Waals surface area contributed by atoms with Gasteiger partial charge in [0.1, 0.15) is 6.61 Å². The van der Waals surface area contributed by atoms with E-state index in [-0.39, 0.29) is 18.1 Å². The number of hydrogen-bond acceptors (Lipinski definition) is 4. The molecule has 0 fully saturated rings. The lowest BCUT2D eigenvalue weighted by molar-refractivity contribution is -0.154. The van der Waals surface area contributed by atoms with E-state index in [9.17, 15) is 18.0 Å². The van der Waals surface area contributed by atoms with Crippen LogP contribution < -0.4 is 4.74 Å². The molecule has 0 saturated carbocycles. The van der Waals surface area contributed by atoms with Crippen molar-refractivity contribution in [2.45, 2.75) is 12.8 Å². The number of ether oxygens (including phenoxy) is 2. The standard InChI is InChI=1S/C15H11ClF3NO3/c16-12-4-1-10(2-5-12)8-22-14(21)11-3-6-13(20-7-11)23-9-15(17,18)19/h1-7H,8-9H2. The quantitative estimate of drug-likeness (QED) is 0.768. The van der Waals surface area contributed by atoms with E-state index in [4.69, 9.17) is 16.3 Å². The lowest BCUT2D eigenvalue weighted by Gasteiger charge is -2.08. The van der Waals surface area contributed by atoms with Crippen LogP contribution in [0.1, 0.15) is 15.9 Å². The van der Waals surface area contributed by atoms with Crippen LogP contribution in [0.15, 0.2) is 42.6 Å². The van der Waals surface area contributed by atoms with Crippen LogP contribution in [-0.2, 0) is 11.3 Å². The maximum atomic E-state index is 12.0. The number of carbonyl (C=O) groups is 1. The number of esters is 1. The van der Waals surface area contributed by atoms with Crippen molar-refractivity contribution in [3.63, 3.8) is 0 Å². The highest BCUT2D eigenvalue weighted by Crippen LogP contribution is 2.17. The average molecular weight is 346 g/mol. The molecule has 0 amide bonds. The normalized spacial score (nSPS) is 11.1. The average Bonchev–Trinajstić information content (AvgIpc) is 2.52. The maximum Gasteiger partial charge on any atom is 0.422 e. The Kier molecular flexibility index (Phi) is 5.44. The summed E-state index contributed by atoms with van der Waals surface area (Å²) in [5.41, 5.74) is 0.860. The monoisotopic (exact) mass is 345 g/mol. The smallest absolute Gasteiger partial charge is 0.422 e. The van der Waals surface area contributed by atoms with Crippen LogP contribution in [0.3, 0.4) is 0 Å². The summed E-state index contributed by atoms with van der Waals surface area (Å²) < 4.78 is 45.5. The fraction of sp³-hybridized carbons (Fsp3) is 0.200. The highest BCUT2D eigenvalue weighted by Gasteiger charge is 2.28. The number of rotatable bonds is 5. The second-order valence-corrected chi connectivity index (χ2v) is 4.93. The molecule has 0 saturated heterocycles. The zero-order chi connectivity index (χ0) is 16.9. The van der Waals surface area contributed by atoms with Crippen LogP contribution in [0.4, 0.5) is 13.2 Å². The molecule has 2 rings (SSSR count). The lowest BCUT2D eigenvalue weighted by atomic mass is 10.2. The minimum atomic E-state index is -4.45. The van der Waals surface area contributed by atoms with Gasteiger partial charge in [-0.25, -0.2) is 9.78 Å². The fourth-order valence-corrected chi connectivity index (χ4v) is 1.68. The molecule has 8 heteroatoms. The molecule has 0 atom stereocenters. The zero-order valence-corrected chi connectivity index (χ0v) is 12.4. The number of pyridine rings is 1. The molecule has 1 aromatic heterocycles. The minimum absolute atomic E-state index is 0.0440. The van der Waals surface area contributed by atoms with Gasteiger partial charge in [0.2, 0.25) is 5.88 Å². The summed E-state index contributed by atoms with van der Waals surface area (Å²) in [5, 5.41) is 0.568. The lowest BCUT2D eigenvalue weighted by Crippen LogP contribution is -2.19. The molecule has 0 unspecified atom stereocenters. The second kappa shape index (κ2) is 7.32. The van der Waals surface area contributed by atoms with E-state index in [1.54, 1.807) is 24.3 Å². The van der Waals surface area contributed by atoms with Crippen LogP contribution >= 0.6 is 11.6 Å². The van der Waals surface area contributed by atoms with E-state index in [0.717, 1.165) is 11.8 Å². The van der Waals surface area contributed by atoms with E-state index in [2.05, 4.69) is 9.72 Å². The first kappa shape index (κ1) is 17.1. The van der Waals surface area contributed by atoms with E-state index in [1.807, 2.05) is 0 Å². The van der Waals surface area contributed by atoms with E-state index < -0.39 is 18.8 Å². The summed E-state index contributed by atoms with van der Waals surface area (Å²) in [6.07, 6.45) is -3.35. The fourth-order valence-electron chi connectivity index (χ4n) is 1.56. The SMILES string of the molecule is O=C(OCc1ccc(Cl)cc1)c1ccc(OCC(F)(F)F)nc1. The topological polar surface area (TPSA) is 48.4 Å². The molecule has 0 spiro atoms. The summed E-state index contributed by atoms with van der Waals surface area (Å²) in [6.45, 7) is -1.40. The third-order valence-corrected chi connectivity index (χ3v) is 2.89. The van der Waals surface area contributed by atoms with Crippen molar-refractivity contribution in [2.75, 3.05) is 6.61 Å². The first-order chi connectivity index (χ1) is 10.8. The summed E-state index contributed by atoms with van der Waals surface area (Å²) in [6, 6.07) is 9.20. The minimum Gasteiger partial charge on any atom is -0.468 e. The van der Waals surface area contributed by atoms with Gasteiger partial charge in [0.05, 0.1) is 5.56 Å². The van der Waals surface area contributed by atoms with Gasteiger partial charge < -0.3 is 9.47 Å². The van der Waals surface area contributed by atoms with Crippen molar-refractivity contribution in [3.05, 3.63) is 58.7 Å². The Bertz CT molecular complexity index is 657. The van der Waals surface area contributed by atoms with Gasteiger partial charge >= 0.3 is 12.1 Å². The molecule has 1 heterocycles. The number of halogens is 4. The third-order valence-electron chi connectivity index (χ3n) is 2.64. The first-order valence-corrected chi connectivity index (χ1v) is 6.78. The molecule has 0 aliphatic heterocycles. The third kappa shape index (κ3) is 5.78. The van der Waals surface area contributed by atoms with Gasteiger partial charge in [-0.3, -0.25) is 0 Å². The van der Waals surface area contributed by atoms with Crippen molar-refractivity contribution in [1.82, 2.24) is 4.98 Å². The molecular formula is C15H11ClF3NO3. The summed E-state index contributed by atoms with van der Waals surface area (Å²) in [5.74, 6) is -0.869. The number of benzene rings is 1. The molecule has 0 aliphatic rings. The number of nitrogens with zero attached hydrogens (tertiary/aromatic N) is 1. The highest BCUT2D eigenvalue weighted by atomic mass is 35.5. The predicted molar refractivity (Wildman–Crippen MR) is 76.4 cm³/mol. The molecular weight excluding hydrogens is 335 g/mol. The van der Waals surface area contributed by atoms with Crippen molar-refractivity contribution < 1.29 is 27.4 Å². The van der Waals surface area contributed by atoms with E-state index in [0.29, 0.717) is 5.02 Å². The Hall–Kier alpha value is -2.28. The zero-order valence-electron chi connectivity index (χ0n) is 11.6. The van der Waals surface area contributed by atoms with Crippen molar-refractivity contribution >= 4 is 17.6 Å². The maximum absolute atomic E-state index is 12.0. The van der Waals surface area contributed by atoms with Crippen LogP contribution in [0.25, 0.3) is 0 Å². The molecule has 23 heavy (non-hydrogen) atoms. The van der Waals surface area contributed by atoms with Gasteiger partial charge in [0.15, 0.2) is 6.61 Å². The van der Waals surface area contributed by atoms with Gasteiger partial charge in [-0.05, 0) is 23.8 Å². The van der Waals surface area contributed by atoms with Gasteiger partial charge in [-0.1, -0.05) is 23.7 Å². The Labute approximate surface area is 134 Å². The molecule has 4 nitrogen and oxygen atoms in total. The largest absolute Gasteiger partial charge is 0.468 e. The molecule has 0 N–H and O–H groups in total. The van der Waals surface area contributed by atoms with Gasteiger partial charge in [0.25, 0.3) is 0 Å². The van der Waals surface area contributed by atoms with Crippen molar-refractivity contribution in [1.29, 1.82) is 0 Å². The van der Waals surface area contributed by atoms with Crippen LogP contribution in [0.5, 0.6) is 5.88 Å². The predicted octanol–water partition coefficient (Wildman–Crippen LogP) is 4.03. The van der Waals surface area contributed by atoms with Crippen molar-refractivity contribution in [3.8, 4) is 5.88 Å². The number of alkyl halides is 3. The Balaban J connectivity index is 1.88. The van der Waals surface area contributed by atoms with Gasteiger partial charge in [-0.2, -0.15) is 13.2 Å². The van der Waals surface area contributed by atoms with Crippen LogP contribution in [-0.4, -0.2) is 23.7 Å². The Morgan fingerprint density at radius 1 is 1.13 bits per heavy atom. The van der Waals surface area contributed by atoms with Gasteiger partial charge in [-0.15, -0.1) is 0 Å². The first-order valence-electron chi connectivity index (χ1n) is 6.41. The Morgan fingerprint density at radius 3 is 2.39 bits per heavy atom. The van der Waals surface area contributed by atoms with E-state index >= 15 is 0 Å². The van der Waals surface area contributed by atoms with Crippen LogP contribution in [0.2, 0.25) is 5.02 Å². The Morgan fingerprint density at radius 2 is 1.83 bits per heavy atom. The molecule has 0 radical (unpaired) electrons. The molecule has 122 valence electrons.